The van der Waals surface area contributed by atoms with Crippen LogP contribution < -0.4 is 11.2 Å². The Morgan fingerprint density at radius 1 is 1.33 bits per heavy atom. The standard InChI is InChI=1S/C18H32N2O6Si/c1-7-10-24-13-16(20-9-8-15(22)19-17(20)23)26-14(11-21)12-25-27(5,6)18(2,3)4/h7-9,14,16,21H,1,10-13H2,2-6H3,(H,19,22,23). The summed E-state index contributed by atoms with van der Waals surface area (Å²) >= 11 is 0. The second-order valence-electron chi connectivity index (χ2n) is 7.81. The van der Waals surface area contributed by atoms with Crippen molar-refractivity contribution in [3.05, 3.63) is 45.8 Å². The van der Waals surface area contributed by atoms with Crippen molar-refractivity contribution in [3.63, 3.8) is 0 Å². The lowest BCUT2D eigenvalue weighted by Crippen LogP contribution is -2.44. The fraction of sp³-hybridized carbons (Fsp3) is 0.667. The van der Waals surface area contributed by atoms with Crippen LogP contribution in [0.3, 0.4) is 0 Å². The predicted octanol–water partition coefficient (Wildman–Crippen LogP) is 1.64. The van der Waals surface area contributed by atoms with Crippen LogP contribution in [0.25, 0.3) is 0 Å². The van der Waals surface area contributed by atoms with Crippen LogP contribution in [0.5, 0.6) is 0 Å². The maximum absolute atomic E-state index is 12.1. The van der Waals surface area contributed by atoms with E-state index in [0.717, 1.165) is 0 Å². The van der Waals surface area contributed by atoms with Gasteiger partial charge in [0.1, 0.15) is 6.10 Å². The van der Waals surface area contributed by atoms with Crippen LogP contribution in [0, 0.1) is 0 Å². The molecule has 27 heavy (non-hydrogen) atoms. The largest absolute Gasteiger partial charge is 0.414 e. The summed E-state index contributed by atoms with van der Waals surface area (Å²) in [5, 5.41) is 9.74. The summed E-state index contributed by atoms with van der Waals surface area (Å²) in [4.78, 5) is 25.6. The summed E-state index contributed by atoms with van der Waals surface area (Å²) in [5.74, 6) is 0. The van der Waals surface area contributed by atoms with Crippen molar-refractivity contribution >= 4 is 8.32 Å². The number of aromatic nitrogens is 2. The van der Waals surface area contributed by atoms with Gasteiger partial charge in [-0.1, -0.05) is 26.8 Å². The molecule has 0 aromatic carbocycles. The number of ether oxygens (including phenoxy) is 2. The molecular weight excluding hydrogens is 368 g/mol. The van der Waals surface area contributed by atoms with Crippen molar-refractivity contribution in [3.8, 4) is 0 Å². The molecule has 1 aromatic rings. The molecular formula is C18H32N2O6Si. The highest BCUT2D eigenvalue weighted by molar-refractivity contribution is 6.74. The van der Waals surface area contributed by atoms with Crippen LogP contribution in [0.2, 0.25) is 18.1 Å². The van der Waals surface area contributed by atoms with E-state index in [9.17, 15) is 14.7 Å². The van der Waals surface area contributed by atoms with Gasteiger partial charge in [-0.25, -0.2) is 4.79 Å². The molecule has 0 aliphatic heterocycles. The van der Waals surface area contributed by atoms with Gasteiger partial charge in [-0.2, -0.15) is 0 Å². The zero-order valence-electron chi connectivity index (χ0n) is 16.9. The van der Waals surface area contributed by atoms with Crippen LogP contribution in [0.4, 0.5) is 0 Å². The van der Waals surface area contributed by atoms with Gasteiger partial charge in [0.25, 0.3) is 5.56 Å². The molecule has 9 heteroatoms. The van der Waals surface area contributed by atoms with Crippen LogP contribution in [-0.4, -0.2) is 55.5 Å². The van der Waals surface area contributed by atoms with Crippen molar-refractivity contribution in [2.24, 2.45) is 0 Å². The van der Waals surface area contributed by atoms with E-state index in [2.05, 4.69) is 45.4 Å². The number of rotatable bonds is 11. The van der Waals surface area contributed by atoms with Gasteiger partial charge in [0, 0.05) is 12.3 Å². The number of aliphatic hydroxyl groups is 1. The van der Waals surface area contributed by atoms with E-state index in [0.29, 0.717) is 0 Å². The van der Waals surface area contributed by atoms with Crippen LogP contribution in [-0.2, 0) is 13.9 Å². The van der Waals surface area contributed by atoms with E-state index in [4.69, 9.17) is 13.9 Å². The molecule has 0 aliphatic carbocycles. The number of aliphatic hydroxyl groups excluding tert-OH is 1. The van der Waals surface area contributed by atoms with Gasteiger partial charge >= 0.3 is 5.69 Å². The van der Waals surface area contributed by atoms with Gasteiger partial charge in [0.15, 0.2) is 14.5 Å². The Hall–Kier alpha value is -1.52. The first-order chi connectivity index (χ1) is 12.5. The molecule has 1 heterocycles. The number of aromatic amines is 1. The van der Waals surface area contributed by atoms with Gasteiger partial charge < -0.3 is 19.0 Å². The lowest BCUT2D eigenvalue weighted by atomic mass is 10.2. The Kier molecular flexibility index (Phi) is 8.83. The maximum Gasteiger partial charge on any atom is 0.330 e. The minimum atomic E-state index is -2.02. The Morgan fingerprint density at radius 2 is 2.00 bits per heavy atom. The molecule has 1 rings (SSSR count). The number of hydrogen-bond acceptors (Lipinski definition) is 6. The first-order valence-electron chi connectivity index (χ1n) is 8.92. The van der Waals surface area contributed by atoms with Crippen LogP contribution in [0.15, 0.2) is 34.5 Å². The Bertz CT molecular complexity index is 707. The molecule has 154 valence electrons. The highest BCUT2D eigenvalue weighted by Crippen LogP contribution is 2.36. The average Bonchev–Trinajstić information content (AvgIpc) is 2.56. The lowest BCUT2D eigenvalue weighted by Gasteiger charge is -2.37. The van der Waals surface area contributed by atoms with Gasteiger partial charge in [-0.05, 0) is 18.1 Å². The highest BCUT2D eigenvalue weighted by Gasteiger charge is 2.37. The fourth-order valence-corrected chi connectivity index (χ4v) is 3.00. The Morgan fingerprint density at radius 3 is 2.52 bits per heavy atom. The minimum absolute atomic E-state index is 0.0231. The van der Waals surface area contributed by atoms with Gasteiger partial charge in [0.05, 0.1) is 26.4 Å². The third-order valence-corrected chi connectivity index (χ3v) is 9.15. The monoisotopic (exact) mass is 400 g/mol. The third kappa shape index (κ3) is 7.19. The van der Waals surface area contributed by atoms with Crippen molar-refractivity contribution in [2.75, 3.05) is 26.4 Å². The molecule has 1 aromatic heterocycles. The molecule has 0 saturated carbocycles. The first-order valence-corrected chi connectivity index (χ1v) is 11.8. The van der Waals surface area contributed by atoms with E-state index in [-0.39, 0.29) is 31.5 Å². The summed E-state index contributed by atoms with van der Waals surface area (Å²) < 4.78 is 18.6. The minimum Gasteiger partial charge on any atom is -0.414 e. The van der Waals surface area contributed by atoms with E-state index in [1.807, 2.05) is 0 Å². The zero-order valence-corrected chi connectivity index (χ0v) is 17.9. The molecule has 0 bridgehead atoms. The molecule has 0 spiro atoms. The quantitative estimate of drug-likeness (QED) is 0.333. The topological polar surface area (TPSA) is 103 Å². The molecule has 0 fully saturated rings. The number of H-pyrrole nitrogens is 1. The second-order valence-corrected chi connectivity index (χ2v) is 12.6. The SMILES string of the molecule is C=CCOCC(OC(CO)CO[Si](C)(C)C(C)(C)C)n1ccc(=O)[nH]c1=O. The lowest BCUT2D eigenvalue weighted by molar-refractivity contribution is -0.120. The summed E-state index contributed by atoms with van der Waals surface area (Å²) in [6.45, 7) is 14.4. The predicted molar refractivity (Wildman–Crippen MR) is 106 cm³/mol. The summed E-state index contributed by atoms with van der Waals surface area (Å²) in [7, 11) is -2.02. The normalized spacial score (nSPS) is 14.7. The Labute approximate surface area is 160 Å². The first kappa shape index (κ1) is 23.5. The van der Waals surface area contributed by atoms with E-state index >= 15 is 0 Å². The molecule has 8 nitrogen and oxygen atoms in total. The van der Waals surface area contributed by atoms with E-state index in [1.54, 1.807) is 6.08 Å². The molecule has 2 unspecified atom stereocenters. The van der Waals surface area contributed by atoms with Crippen molar-refractivity contribution < 1.29 is 19.0 Å². The van der Waals surface area contributed by atoms with Gasteiger partial charge in [-0.3, -0.25) is 14.3 Å². The molecule has 0 aliphatic rings. The van der Waals surface area contributed by atoms with E-state index < -0.39 is 31.9 Å². The summed E-state index contributed by atoms with van der Waals surface area (Å²) in [6, 6.07) is 1.23. The zero-order chi connectivity index (χ0) is 20.7. The van der Waals surface area contributed by atoms with Crippen molar-refractivity contribution in [2.45, 2.75) is 51.2 Å². The van der Waals surface area contributed by atoms with Gasteiger partial charge in [-0.15, -0.1) is 6.58 Å². The smallest absolute Gasteiger partial charge is 0.330 e. The Balaban J connectivity index is 2.92. The molecule has 2 atom stereocenters. The molecule has 2 N–H and O–H groups in total. The second kappa shape index (κ2) is 10.1. The molecule has 0 radical (unpaired) electrons. The average molecular weight is 401 g/mol. The van der Waals surface area contributed by atoms with Crippen molar-refractivity contribution in [1.82, 2.24) is 9.55 Å². The highest BCUT2D eigenvalue weighted by atomic mass is 28.4. The van der Waals surface area contributed by atoms with Crippen LogP contribution >= 0.6 is 0 Å². The number of nitrogens with one attached hydrogen (secondary N) is 1. The third-order valence-electron chi connectivity index (χ3n) is 4.65. The molecule has 0 amide bonds. The summed E-state index contributed by atoms with van der Waals surface area (Å²) in [5.41, 5.74) is -1.11. The molecule has 0 saturated heterocycles. The maximum atomic E-state index is 12.1. The fourth-order valence-electron chi connectivity index (χ4n) is 1.97. The van der Waals surface area contributed by atoms with Gasteiger partial charge in [0.2, 0.25) is 0 Å². The van der Waals surface area contributed by atoms with Crippen LogP contribution in [0.1, 0.15) is 27.0 Å². The number of nitrogens with zero attached hydrogens (tertiary/aromatic N) is 1. The van der Waals surface area contributed by atoms with Crippen molar-refractivity contribution in [1.29, 1.82) is 0 Å². The number of hydrogen-bond donors (Lipinski definition) is 2. The summed E-state index contributed by atoms with van der Waals surface area (Å²) in [6.07, 6.45) is 1.45. The van der Waals surface area contributed by atoms with E-state index in [1.165, 1.54) is 16.8 Å².